The summed E-state index contributed by atoms with van der Waals surface area (Å²) < 4.78 is 6.24. The normalized spacial score (nSPS) is 17.3. The second-order valence-electron chi connectivity index (χ2n) is 9.04. The Labute approximate surface area is 206 Å². The van der Waals surface area contributed by atoms with Crippen LogP contribution in [0.2, 0.25) is 0 Å². The molecule has 0 saturated carbocycles. The lowest BCUT2D eigenvalue weighted by Crippen LogP contribution is -2.46. The van der Waals surface area contributed by atoms with Crippen molar-refractivity contribution in [1.29, 1.82) is 0 Å². The smallest absolute Gasteiger partial charge is 0.263 e. The number of carbonyl (C=O) groups is 1. The molecule has 4 rings (SSSR count). The number of nitrogens with zero attached hydrogens (tertiary/aromatic N) is 2. The van der Waals surface area contributed by atoms with Gasteiger partial charge in [0.2, 0.25) is 0 Å². The lowest BCUT2D eigenvalue weighted by atomic mass is 9.94. The molecule has 0 unspecified atom stereocenters. The third-order valence-corrected chi connectivity index (χ3v) is 7.39. The minimum atomic E-state index is -0.145. The van der Waals surface area contributed by atoms with Crippen LogP contribution >= 0.6 is 24.0 Å². The summed E-state index contributed by atoms with van der Waals surface area (Å²) in [5, 5.41) is 2.68. The Bertz CT molecular complexity index is 1140. The maximum absolute atomic E-state index is 12.1. The Morgan fingerprint density at radius 1 is 1.03 bits per heavy atom. The fourth-order valence-corrected chi connectivity index (χ4v) is 5.60. The lowest BCUT2D eigenvalue weighted by molar-refractivity contribution is -0.115. The van der Waals surface area contributed by atoms with Gasteiger partial charge < -0.3 is 19.9 Å². The molecule has 1 saturated heterocycles. The third-order valence-electron chi connectivity index (χ3n) is 6.22. The number of aryl methyl sites for hydroxylation is 1. The molecule has 174 valence electrons. The number of thiocarbonyl (C=S) groups is 1. The Kier molecular flexibility index (Phi) is 6.73. The average Bonchev–Trinajstić information content (AvgIpc) is 3.08. The summed E-state index contributed by atoms with van der Waals surface area (Å²) in [5.41, 5.74) is 6.84. The number of carbonyl (C=O) groups excluding carboxylic acids is 1. The molecular formula is C26H31N3O2S2. The van der Waals surface area contributed by atoms with E-state index in [4.69, 9.17) is 17.0 Å². The quantitative estimate of drug-likeness (QED) is 0.443. The molecule has 2 aromatic rings. The van der Waals surface area contributed by atoms with Crippen LogP contribution in [0.25, 0.3) is 17.2 Å². The molecule has 7 heteroatoms. The number of methoxy groups -OCH3 is 1. The van der Waals surface area contributed by atoms with Crippen molar-refractivity contribution in [1.82, 2.24) is 5.32 Å². The Morgan fingerprint density at radius 2 is 1.67 bits per heavy atom. The predicted octanol–water partition coefficient (Wildman–Crippen LogP) is 5.60. The van der Waals surface area contributed by atoms with E-state index in [9.17, 15) is 4.79 Å². The number of anilines is 2. The molecule has 2 aliphatic rings. The van der Waals surface area contributed by atoms with Gasteiger partial charge in [0.05, 0.1) is 23.4 Å². The van der Waals surface area contributed by atoms with Crippen molar-refractivity contribution in [2.45, 2.75) is 46.7 Å². The maximum Gasteiger partial charge on any atom is 0.263 e. The van der Waals surface area contributed by atoms with Crippen LogP contribution in [0.1, 0.15) is 38.8 Å². The van der Waals surface area contributed by atoms with E-state index in [0.717, 1.165) is 35.5 Å². The van der Waals surface area contributed by atoms with E-state index in [2.05, 4.69) is 67.9 Å². The standard InChI is InChI=1S/C26H31N3O2S2/c1-15(2)28-9-10-29(16(3)4)22-14-19(17(5)11-21(22)28)20-12-18(7-8-23(20)31-6)13-24-25(30)27-26(32)33-24/h7-8,11-16H,9-10H2,1-6H3,(H,27,30,32)/b24-13+. The van der Waals surface area contributed by atoms with Gasteiger partial charge in [-0.15, -0.1) is 0 Å². The summed E-state index contributed by atoms with van der Waals surface area (Å²) in [6.07, 6.45) is 1.89. The van der Waals surface area contributed by atoms with E-state index in [1.165, 1.54) is 28.7 Å². The first-order valence-electron chi connectivity index (χ1n) is 11.3. The SMILES string of the molecule is COc1ccc(/C=C2/SC(=S)NC2=O)cc1-c1cc2c(cc1C)N(C(C)C)CCN2C(C)C. The molecule has 1 amide bonds. The number of nitrogens with one attached hydrogen (secondary N) is 1. The van der Waals surface area contributed by atoms with Gasteiger partial charge in [0, 0.05) is 30.7 Å². The highest BCUT2D eigenvalue weighted by molar-refractivity contribution is 8.26. The second-order valence-corrected chi connectivity index (χ2v) is 10.8. The molecule has 0 atom stereocenters. The molecule has 0 spiro atoms. The summed E-state index contributed by atoms with van der Waals surface area (Å²) in [6, 6.07) is 11.5. The van der Waals surface area contributed by atoms with Crippen molar-refractivity contribution in [3.63, 3.8) is 0 Å². The van der Waals surface area contributed by atoms with Crippen LogP contribution in [0, 0.1) is 6.92 Å². The average molecular weight is 482 g/mol. The number of amides is 1. The topological polar surface area (TPSA) is 44.8 Å². The molecule has 2 heterocycles. The van der Waals surface area contributed by atoms with Crippen LogP contribution in [-0.2, 0) is 4.79 Å². The third kappa shape index (κ3) is 4.62. The first-order chi connectivity index (χ1) is 15.7. The molecule has 0 aromatic heterocycles. The molecule has 5 nitrogen and oxygen atoms in total. The van der Waals surface area contributed by atoms with Crippen molar-refractivity contribution in [2.75, 3.05) is 30.0 Å². The highest BCUT2D eigenvalue weighted by Crippen LogP contribution is 2.43. The summed E-state index contributed by atoms with van der Waals surface area (Å²) in [4.78, 5) is 17.7. The first-order valence-corrected chi connectivity index (χ1v) is 12.5. The molecule has 33 heavy (non-hydrogen) atoms. The van der Waals surface area contributed by atoms with Crippen LogP contribution in [0.15, 0.2) is 35.2 Å². The predicted molar refractivity (Wildman–Crippen MR) is 144 cm³/mol. The minimum absolute atomic E-state index is 0.145. The highest BCUT2D eigenvalue weighted by Gasteiger charge is 2.28. The molecule has 0 bridgehead atoms. The lowest BCUT2D eigenvalue weighted by Gasteiger charge is -2.43. The number of rotatable bonds is 5. The van der Waals surface area contributed by atoms with Gasteiger partial charge in [0.1, 0.15) is 10.1 Å². The highest BCUT2D eigenvalue weighted by atomic mass is 32.2. The van der Waals surface area contributed by atoms with Gasteiger partial charge in [-0.3, -0.25) is 4.79 Å². The van der Waals surface area contributed by atoms with Crippen molar-refractivity contribution in [2.24, 2.45) is 0 Å². The molecule has 1 fully saturated rings. The zero-order chi connectivity index (χ0) is 23.9. The summed E-state index contributed by atoms with van der Waals surface area (Å²) in [5.74, 6) is 0.667. The zero-order valence-corrected chi connectivity index (χ0v) is 21.7. The zero-order valence-electron chi connectivity index (χ0n) is 20.1. The van der Waals surface area contributed by atoms with Gasteiger partial charge in [0.15, 0.2) is 0 Å². The molecule has 1 N–H and O–H groups in total. The molecule has 0 aliphatic carbocycles. The number of hydrogen-bond acceptors (Lipinski definition) is 6. The molecule has 2 aliphatic heterocycles. The molecule has 2 aromatic carbocycles. The summed E-state index contributed by atoms with van der Waals surface area (Å²) >= 11 is 6.42. The van der Waals surface area contributed by atoms with E-state index in [-0.39, 0.29) is 5.91 Å². The van der Waals surface area contributed by atoms with Crippen LogP contribution in [0.4, 0.5) is 11.4 Å². The second kappa shape index (κ2) is 9.39. The first kappa shape index (κ1) is 23.6. The van der Waals surface area contributed by atoms with Gasteiger partial charge in [-0.05, 0) is 81.7 Å². The van der Waals surface area contributed by atoms with E-state index in [0.29, 0.717) is 21.3 Å². The van der Waals surface area contributed by atoms with Crippen LogP contribution in [0.3, 0.4) is 0 Å². The van der Waals surface area contributed by atoms with Crippen molar-refractivity contribution >= 4 is 51.7 Å². The Balaban J connectivity index is 1.85. The number of hydrogen-bond donors (Lipinski definition) is 1. The van der Waals surface area contributed by atoms with Gasteiger partial charge in [-0.2, -0.15) is 0 Å². The Morgan fingerprint density at radius 3 is 2.21 bits per heavy atom. The van der Waals surface area contributed by atoms with Gasteiger partial charge in [0.25, 0.3) is 5.91 Å². The summed E-state index contributed by atoms with van der Waals surface area (Å²) in [6.45, 7) is 13.2. The van der Waals surface area contributed by atoms with E-state index >= 15 is 0 Å². The minimum Gasteiger partial charge on any atom is -0.496 e. The van der Waals surface area contributed by atoms with E-state index < -0.39 is 0 Å². The van der Waals surface area contributed by atoms with Gasteiger partial charge >= 0.3 is 0 Å². The maximum atomic E-state index is 12.1. The van der Waals surface area contributed by atoms with Crippen LogP contribution in [-0.4, -0.2) is 42.5 Å². The molecular weight excluding hydrogens is 450 g/mol. The van der Waals surface area contributed by atoms with Crippen molar-refractivity contribution in [3.8, 4) is 16.9 Å². The largest absolute Gasteiger partial charge is 0.496 e. The van der Waals surface area contributed by atoms with Crippen molar-refractivity contribution < 1.29 is 9.53 Å². The number of benzene rings is 2. The van der Waals surface area contributed by atoms with E-state index in [1.807, 2.05) is 18.2 Å². The number of thioether (sulfide) groups is 1. The van der Waals surface area contributed by atoms with Crippen LogP contribution < -0.4 is 19.9 Å². The van der Waals surface area contributed by atoms with Gasteiger partial charge in [-0.1, -0.05) is 30.0 Å². The fraction of sp³-hybridized carbons (Fsp3) is 0.385. The van der Waals surface area contributed by atoms with Crippen LogP contribution in [0.5, 0.6) is 5.75 Å². The molecule has 0 radical (unpaired) electrons. The van der Waals surface area contributed by atoms with Gasteiger partial charge in [-0.25, -0.2) is 0 Å². The monoisotopic (exact) mass is 481 g/mol. The fourth-order valence-electron chi connectivity index (χ4n) is 4.56. The number of ether oxygens (including phenoxy) is 1. The summed E-state index contributed by atoms with van der Waals surface area (Å²) in [7, 11) is 1.70. The Hall–Kier alpha value is -2.51. The number of fused-ring (bicyclic) bond motifs is 1. The van der Waals surface area contributed by atoms with Crippen molar-refractivity contribution in [3.05, 3.63) is 46.4 Å². The van der Waals surface area contributed by atoms with E-state index in [1.54, 1.807) is 7.11 Å².